The summed E-state index contributed by atoms with van der Waals surface area (Å²) in [4.78, 5) is 4.31. The van der Waals surface area contributed by atoms with Gasteiger partial charge in [0.1, 0.15) is 5.82 Å². The van der Waals surface area contributed by atoms with Crippen LogP contribution in [0.3, 0.4) is 0 Å². The summed E-state index contributed by atoms with van der Waals surface area (Å²) in [6.45, 7) is 2.83. The molecule has 3 rings (SSSR count). The van der Waals surface area contributed by atoms with Gasteiger partial charge in [0.25, 0.3) is 0 Å². The highest BCUT2D eigenvalue weighted by Gasteiger charge is 2.17. The molecular formula is C17H20FN3. The fourth-order valence-corrected chi connectivity index (χ4v) is 2.85. The molecule has 1 aliphatic heterocycles. The van der Waals surface area contributed by atoms with E-state index in [1.165, 1.54) is 12.0 Å². The van der Waals surface area contributed by atoms with Crippen molar-refractivity contribution in [2.75, 3.05) is 6.54 Å². The summed E-state index contributed by atoms with van der Waals surface area (Å²) in [6, 6.07) is 7.37. The van der Waals surface area contributed by atoms with E-state index in [-0.39, 0.29) is 11.9 Å². The number of hydrogen-bond acceptors (Lipinski definition) is 3. The zero-order chi connectivity index (χ0) is 14.8. The van der Waals surface area contributed by atoms with Gasteiger partial charge in [0.05, 0.1) is 0 Å². The molecular weight excluding hydrogens is 265 g/mol. The molecule has 1 aromatic carbocycles. The quantitative estimate of drug-likeness (QED) is 0.909. The number of hydrogen-bond donors (Lipinski definition) is 2. The van der Waals surface area contributed by atoms with Crippen molar-refractivity contribution in [1.82, 2.24) is 10.3 Å². The zero-order valence-corrected chi connectivity index (χ0v) is 12.1. The van der Waals surface area contributed by atoms with E-state index in [9.17, 15) is 4.39 Å². The van der Waals surface area contributed by atoms with Crippen LogP contribution >= 0.6 is 0 Å². The first-order valence-electron chi connectivity index (χ1n) is 7.39. The molecule has 4 heteroatoms. The fraction of sp³-hybridized carbons (Fsp3) is 0.353. The lowest BCUT2D eigenvalue weighted by Crippen LogP contribution is -2.13. The van der Waals surface area contributed by atoms with Crippen LogP contribution in [0.2, 0.25) is 0 Å². The van der Waals surface area contributed by atoms with E-state index in [2.05, 4.69) is 16.4 Å². The van der Waals surface area contributed by atoms with Gasteiger partial charge in [0.15, 0.2) is 0 Å². The molecule has 2 unspecified atom stereocenters. The van der Waals surface area contributed by atoms with Crippen molar-refractivity contribution in [3.63, 3.8) is 0 Å². The highest BCUT2D eigenvalue weighted by atomic mass is 19.1. The zero-order valence-electron chi connectivity index (χ0n) is 12.1. The first-order valence-corrected chi connectivity index (χ1v) is 7.39. The number of aromatic nitrogens is 1. The monoisotopic (exact) mass is 285 g/mol. The van der Waals surface area contributed by atoms with Crippen molar-refractivity contribution in [2.45, 2.75) is 31.8 Å². The van der Waals surface area contributed by atoms with E-state index >= 15 is 0 Å². The Bertz CT molecular complexity index is 634. The Morgan fingerprint density at radius 2 is 2.14 bits per heavy atom. The molecule has 3 nitrogen and oxygen atoms in total. The number of nitrogens with zero attached hydrogens (tertiary/aromatic N) is 1. The Morgan fingerprint density at radius 1 is 1.29 bits per heavy atom. The van der Waals surface area contributed by atoms with Gasteiger partial charge in [-0.1, -0.05) is 12.1 Å². The summed E-state index contributed by atoms with van der Waals surface area (Å²) in [5, 5.41) is 3.46. The second kappa shape index (κ2) is 5.92. The predicted octanol–water partition coefficient (Wildman–Crippen LogP) is 3.33. The molecule has 1 saturated heterocycles. The molecule has 2 atom stereocenters. The lowest BCUT2D eigenvalue weighted by atomic mass is 9.99. The second-order valence-electron chi connectivity index (χ2n) is 5.68. The standard InChI is InChI=1S/C17H20FN3/c1-11(19)15-5-4-12(8-16(15)18)13-7-14(10-20-9-13)17-3-2-6-21-17/h4-5,7-11,17,21H,2-3,6,19H2,1H3. The third-order valence-corrected chi connectivity index (χ3v) is 4.05. The van der Waals surface area contributed by atoms with Gasteiger partial charge in [-0.25, -0.2) is 4.39 Å². The third kappa shape index (κ3) is 2.96. The van der Waals surface area contributed by atoms with Crippen LogP contribution in [-0.4, -0.2) is 11.5 Å². The summed E-state index contributed by atoms with van der Waals surface area (Å²) >= 11 is 0. The maximum atomic E-state index is 14.1. The van der Waals surface area contributed by atoms with Gasteiger partial charge < -0.3 is 11.1 Å². The van der Waals surface area contributed by atoms with E-state index in [0.29, 0.717) is 11.6 Å². The molecule has 3 N–H and O–H groups in total. The molecule has 0 aliphatic carbocycles. The van der Waals surface area contributed by atoms with E-state index in [0.717, 1.165) is 24.1 Å². The summed E-state index contributed by atoms with van der Waals surface area (Å²) in [7, 11) is 0. The number of pyridine rings is 1. The maximum Gasteiger partial charge on any atom is 0.128 e. The highest BCUT2D eigenvalue weighted by Crippen LogP contribution is 2.28. The molecule has 0 saturated carbocycles. The molecule has 1 aliphatic rings. The summed E-state index contributed by atoms with van der Waals surface area (Å²) < 4.78 is 14.1. The Balaban J connectivity index is 1.93. The van der Waals surface area contributed by atoms with Crippen LogP contribution in [0.25, 0.3) is 11.1 Å². The van der Waals surface area contributed by atoms with Gasteiger partial charge in [-0.2, -0.15) is 0 Å². The lowest BCUT2D eigenvalue weighted by molar-refractivity contribution is 0.594. The number of nitrogens with one attached hydrogen (secondary N) is 1. The highest BCUT2D eigenvalue weighted by molar-refractivity contribution is 5.64. The van der Waals surface area contributed by atoms with Gasteiger partial charge in [-0.05, 0) is 49.6 Å². The molecule has 2 heterocycles. The molecule has 21 heavy (non-hydrogen) atoms. The van der Waals surface area contributed by atoms with E-state index < -0.39 is 0 Å². The van der Waals surface area contributed by atoms with Crippen molar-refractivity contribution in [2.24, 2.45) is 5.73 Å². The minimum Gasteiger partial charge on any atom is -0.324 e. The van der Waals surface area contributed by atoms with Gasteiger partial charge in [-0.15, -0.1) is 0 Å². The number of nitrogens with two attached hydrogens (primary N) is 1. The molecule has 1 fully saturated rings. The third-order valence-electron chi connectivity index (χ3n) is 4.05. The second-order valence-corrected chi connectivity index (χ2v) is 5.68. The van der Waals surface area contributed by atoms with Crippen molar-refractivity contribution < 1.29 is 4.39 Å². The van der Waals surface area contributed by atoms with Crippen LogP contribution in [0.5, 0.6) is 0 Å². The largest absolute Gasteiger partial charge is 0.324 e. The lowest BCUT2D eigenvalue weighted by Gasteiger charge is -2.13. The van der Waals surface area contributed by atoms with Crippen LogP contribution in [0.15, 0.2) is 36.7 Å². The van der Waals surface area contributed by atoms with Crippen LogP contribution in [0.1, 0.15) is 43.0 Å². The first kappa shape index (κ1) is 14.2. The van der Waals surface area contributed by atoms with Crippen molar-refractivity contribution in [3.05, 3.63) is 53.6 Å². The summed E-state index contributed by atoms with van der Waals surface area (Å²) in [5.41, 5.74) is 9.24. The summed E-state index contributed by atoms with van der Waals surface area (Å²) in [6.07, 6.45) is 5.98. The van der Waals surface area contributed by atoms with Gasteiger partial charge in [0, 0.05) is 35.6 Å². The average Bonchev–Trinajstić information content (AvgIpc) is 3.01. The van der Waals surface area contributed by atoms with Crippen LogP contribution in [-0.2, 0) is 0 Å². The predicted molar refractivity (Wildman–Crippen MR) is 82.2 cm³/mol. The molecule has 2 aromatic rings. The normalized spacial score (nSPS) is 19.7. The van der Waals surface area contributed by atoms with Gasteiger partial charge >= 0.3 is 0 Å². The number of rotatable bonds is 3. The minimum absolute atomic E-state index is 0.258. The molecule has 0 bridgehead atoms. The van der Waals surface area contributed by atoms with Crippen LogP contribution in [0.4, 0.5) is 4.39 Å². The smallest absolute Gasteiger partial charge is 0.128 e. The molecule has 0 spiro atoms. The van der Waals surface area contributed by atoms with Crippen LogP contribution < -0.4 is 11.1 Å². The minimum atomic E-state index is -0.300. The topological polar surface area (TPSA) is 50.9 Å². The fourth-order valence-electron chi connectivity index (χ4n) is 2.85. The first-order chi connectivity index (χ1) is 10.1. The molecule has 0 amide bonds. The number of halogens is 1. The van der Waals surface area contributed by atoms with Gasteiger partial charge in [0.2, 0.25) is 0 Å². The van der Waals surface area contributed by atoms with Crippen LogP contribution in [0, 0.1) is 5.82 Å². The van der Waals surface area contributed by atoms with E-state index in [4.69, 9.17) is 5.73 Å². The molecule has 1 aromatic heterocycles. The average molecular weight is 285 g/mol. The van der Waals surface area contributed by atoms with E-state index in [1.54, 1.807) is 25.3 Å². The van der Waals surface area contributed by atoms with Crippen molar-refractivity contribution in [1.29, 1.82) is 0 Å². The van der Waals surface area contributed by atoms with E-state index in [1.807, 2.05) is 12.3 Å². The maximum absolute atomic E-state index is 14.1. The molecule has 0 radical (unpaired) electrons. The Labute approximate surface area is 124 Å². The van der Waals surface area contributed by atoms with Gasteiger partial charge in [-0.3, -0.25) is 4.98 Å². The SMILES string of the molecule is CC(N)c1ccc(-c2cncc(C3CCCN3)c2)cc1F. The Hall–Kier alpha value is -1.78. The molecule has 110 valence electrons. The summed E-state index contributed by atoms with van der Waals surface area (Å²) in [5.74, 6) is -0.258. The van der Waals surface area contributed by atoms with Crippen molar-refractivity contribution in [3.8, 4) is 11.1 Å². The Morgan fingerprint density at radius 3 is 2.81 bits per heavy atom. The number of benzene rings is 1. The van der Waals surface area contributed by atoms with Crippen molar-refractivity contribution >= 4 is 0 Å². The Kier molecular flexibility index (Phi) is 3.99.